The van der Waals surface area contributed by atoms with Gasteiger partial charge in [-0.1, -0.05) is 17.7 Å². The minimum atomic E-state index is -0.945. The maximum atomic E-state index is 11.1. The number of aromatic amines is 1. The fourth-order valence-electron chi connectivity index (χ4n) is 4.86. The van der Waals surface area contributed by atoms with Crippen molar-refractivity contribution in [3.8, 4) is 12.0 Å². The van der Waals surface area contributed by atoms with Crippen LogP contribution in [0.15, 0.2) is 41.1 Å². The third-order valence-electron chi connectivity index (χ3n) is 7.01. The number of nitrogens with zero attached hydrogens (tertiary/aromatic N) is 11. The molecule has 0 saturated carbocycles. The standard InChI is InChI=1S/C29H31N13O4/c1-16-7-17(2)20(18(3)8-16)9-22-35-27(32-6-4-5-23(45)46)24(28(36-22)41(14-43)15-44)38-39-25-19(10-30)12-42(40-25)29-34-21-11-31-13-33-26(21)37-29/h7-8,11-13,43-44H,4-6,9,14-15H2,1-3H3,(H,45,46)(H,32,35,36)(H,31,33,34,37). The number of H-pyrrole nitrogens is 1. The molecule has 0 aliphatic heterocycles. The van der Waals surface area contributed by atoms with Gasteiger partial charge in [0.1, 0.15) is 42.8 Å². The molecule has 0 saturated heterocycles. The molecule has 0 amide bonds. The van der Waals surface area contributed by atoms with Crippen LogP contribution in [-0.4, -0.2) is 81.0 Å². The molecule has 46 heavy (non-hydrogen) atoms. The summed E-state index contributed by atoms with van der Waals surface area (Å²) >= 11 is 0. The van der Waals surface area contributed by atoms with E-state index in [9.17, 15) is 20.3 Å². The van der Waals surface area contributed by atoms with Gasteiger partial charge in [0, 0.05) is 19.4 Å². The first-order chi connectivity index (χ1) is 22.2. The van der Waals surface area contributed by atoms with Crippen LogP contribution in [0.2, 0.25) is 0 Å². The van der Waals surface area contributed by atoms with Gasteiger partial charge in [-0.3, -0.25) is 4.79 Å². The number of benzene rings is 1. The minimum Gasteiger partial charge on any atom is -0.481 e. The molecule has 236 valence electrons. The number of anilines is 2. The van der Waals surface area contributed by atoms with Gasteiger partial charge in [0.25, 0.3) is 0 Å². The summed E-state index contributed by atoms with van der Waals surface area (Å²) in [6.07, 6.45) is 4.88. The van der Waals surface area contributed by atoms with Crippen molar-refractivity contribution in [3.05, 3.63) is 64.5 Å². The zero-order valence-corrected chi connectivity index (χ0v) is 25.3. The average Bonchev–Trinajstić information content (AvgIpc) is 3.65. The monoisotopic (exact) mass is 625 g/mol. The molecule has 0 fully saturated rings. The Morgan fingerprint density at radius 3 is 2.57 bits per heavy atom. The predicted molar refractivity (Wildman–Crippen MR) is 165 cm³/mol. The van der Waals surface area contributed by atoms with E-state index in [0.717, 1.165) is 27.2 Å². The third kappa shape index (κ3) is 6.93. The van der Waals surface area contributed by atoms with Gasteiger partial charge in [-0.05, 0) is 43.9 Å². The molecule has 1 aromatic carbocycles. The number of rotatable bonds is 13. The van der Waals surface area contributed by atoms with Crippen molar-refractivity contribution in [3.63, 3.8) is 0 Å². The first-order valence-corrected chi connectivity index (χ1v) is 14.2. The van der Waals surface area contributed by atoms with Crippen LogP contribution in [0.3, 0.4) is 0 Å². The Bertz CT molecular complexity index is 1900. The number of carbonyl (C=O) groups is 1. The van der Waals surface area contributed by atoms with E-state index in [4.69, 9.17) is 10.1 Å². The van der Waals surface area contributed by atoms with Gasteiger partial charge < -0.3 is 30.5 Å². The fraction of sp³-hybridized carbons (Fsp3) is 0.310. The van der Waals surface area contributed by atoms with Crippen molar-refractivity contribution in [2.24, 2.45) is 10.2 Å². The third-order valence-corrected chi connectivity index (χ3v) is 7.01. The highest BCUT2D eigenvalue weighted by molar-refractivity contribution is 5.75. The SMILES string of the molecule is Cc1cc(C)c(Cc2nc(NCCCC(=O)O)c(N=Nc3nn(-c4nc5ncncc5[nH]4)cc3C#N)c(N(CO)CO)n2)c(C)c1. The average molecular weight is 626 g/mol. The van der Waals surface area contributed by atoms with Crippen molar-refractivity contribution in [1.82, 2.24) is 39.7 Å². The van der Waals surface area contributed by atoms with Gasteiger partial charge in [0.15, 0.2) is 23.0 Å². The summed E-state index contributed by atoms with van der Waals surface area (Å²) < 4.78 is 1.32. The lowest BCUT2D eigenvalue weighted by Gasteiger charge is -2.22. The van der Waals surface area contributed by atoms with Crippen LogP contribution < -0.4 is 10.2 Å². The topological polar surface area (TPSA) is 240 Å². The minimum absolute atomic E-state index is 0.0389. The van der Waals surface area contributed by atoms with E-state index >= 15 is 0 Å². The number of aryl methyl sites for hydroxylation is 3. The lowest BCUT2D eigenvalue weighted by molar-refractivity contribution is -0.137. The van der Waals surface area contributed by atoms with Crippen molar-refractivity contribution >= 4 is 40.3 Å². The number of azo groups is 1. The van der Waals surface area contributed by atoms with Gasteiger partial charge in [-0.25, -0.2) is 24.6 Å². The molecule has 0 aliphatic rings. The van der Waals surface area contributed by atoms with E-state index in [1.165, 1.54) is 17.2 Å². The van der Waals surface area contributed by atoms with Crippen LogP contribution in [0.4, 0.5) is 23.1 Å². The Labute approximate surface area is 262 Å². The van der Waals surface area contributed by atoms with E-state index in [-0.39, 0.29) is 54.0 Å². The predicted octanol–water partition coefficient (Wildman–Crippen LogP) is 3.11. The number of hydrogen-bond donors (Lipinski definition) is 5. The number of aromatic nitrogens is 8. The highest BCUT2D eigenvalue weighted by Crippen LogP contribution is 2.36. The fourth-order valence-corrected chi connectivity index (χ4v) is 4.86. The van der Waals surface area contributed by atoms with E-state index in [1.54, 1.807) is 6.20 Å². The quantitative estimate of drug-likeness (QED) is 0.0718. The zero-order chi connectivity index (χ0) is 32.8. The van der Waals surface area contributed by atoms with Crippen molar-refractivity contribution in [2.75, 3.05) is 30.2 Å². The van der Waals surface area contributed by atoms with Crippen molar-refractivity contribution < 1.29 is 20.1 Å². The van der Waals surface area contributed by atoms with Gasteiger partial charge in [0.2, 0.25) is 11.8 Å². The zero-order valence-electron chi connectivity index (χ0n) is 25.3. The van der Waals surface area contributed by atoms with Crippen LogP contribution in [0.5, 0.6) is 0 Å². The van der Waals surface area contributed by atoms with Gasteiger partial charge in [-0.2, -0.15) is 10.2 Å². The van der Waals surface area contributed by atoms with Gasteiger partial charge in [-0.15, -0.1) is 15.3 Å². The van der Waals surface area contributed by atoms with Gasteiger partial charge in [0.05, 0.1) is 12.4 Å². The number of nitriles is 1. The second-order valence-electron chi connectivity index (χ2n) is 10.4. The lowest BCUT2D eigenvalue weighted by atomic mass is 9.97. The summed E-state index contributed by atoms with van der Waals surface area (Å²) in [7, 11) is 0. The van der Waals surface area contributed by atoms with E-state index in [2.05, 4.69) is 57.7 Å². The Morgan fingerprint density at radius 2 is 1.89 bits per heavy atom. The number of aliphatic hydroxyl groups excluding tert-OH is 2. The molecule has 4 aromatic heterocycles. The number of hydrogen-bond acceptors (Lipinski definition) is 14. The maximum Gasteiger partial charge on any atom is 0.303 e. The Morgan fingerprint density at radius 1 is 1.13 bits per heavy atom. The highest BCUT2D eigenvalue weighted by atomic mass is 16.4. The Hall–Kier alpha value is -5.86. The maximum absolute atomic E-state index is 11.1. The van der Waals surface area contributed by atoms with Crippen LogP contribution in [0.25, 0.3) is 17.1 Å². The molecule has 5 aromatic rings. The summed E-state index contributed by atoms with van der Waals surface area (Å²) in [5, 5.41) is 55.1. The molecule has 17 heteroatoms. The van der Waals surface area contributed by atoms with E-state index in [0.29, 0.717) is 23.4 Å². The van der Waals surface area contributed by atoms with Crippen LogP contribution in [0, 0.1) is 32.1 Å². The molecular formula is C29H31N13O4. The number of carboxylic acids is 1. The lowest BCUT2D eigenvalue weighted by Crippen LogP contribution is -2.27. The second kappa shape index (κ2) is 13.8. The first kappa shape index (κ1) is 31.6. The molecule has 5 rings (SSSR count). The van der Waals surface area contributed by atoms with E-state index in [1.807, 2.05) is 26.8 Å². The molecule has 0 atom stereocenters. The molecule has 0 unspecified atom stereocenters. The largest absolute Gasteiger partial charge is 0.481 e. The second-order valence-corrected chi connectivity index (χ2v) is 10.4. The molecule has 5 N–H and O–H groups in total. The smallest absolute Gasteiger partial charge is 0.303 e. The molecule has 0 aliphatic carbocycles. The normalized spacial score (nSPS) is 11.3. The summed E-state index contributed by atoms with van der Waals surface area (Å²) in [4.78, 5) is 37.1. The summed E-state index contributed by atoms with van der Waals surface area (Å²) in [6, 6.07) is 6.16. The van der Waals surface area contributed by atoms with Crippen molar-refractivity contribution in [2.45, 2.75) is 40.0 Å². The molecule has 0 bridgehead atoms. The number of aliphatic carboxylic acids is 1. The molecule has 0 radical (unpaired) electrons. The summed E-state index contributed by atoms with van der Waals surface area (Å²) in [5.41, 5.74) is 5.35. The number of fused-ring (bicyclic) bond motifs is 1. The molecular weight excluding hydrogens is 594 g/mol. The van der Waals surface area contributed by atoms with Crippen LogP contribution in [-0.2, 0) is 11.2 Å². The Balaban J connectivity index is 1.58. The molecule has 0 spiro atoms. The van der Waals surface area contributed by atoms with Crippen LogP contribution in [0.1, 0.15) is 46.5 Å². The first-order valence-electron chi connectivity index (χ1n) is 14.2. The summed E-state index contributed by atoms with van der Waals surface area (Å²) in [5.74, 6) is -0.0964. The highest BCUT2D eigenvalue weighted by Gasteiger charge is 2.22. The molecule has 4 heterocycles. The molecule has 17 nitrogen and oxygen atoms in total. The number of carboxylic acid groups (broad SMARTS) is 1. The van der Waals surface area contributed by atoms with Crippen molar-refractivity contribution in [1.29, 1.82) is 5.26 Å². The number of imidazole rings is 1. The van der Waals surface area contributed by atoms with Gasteiger partial charge >= 0.3 is 5.97 Å². The summed E-state index contributed by atoms with van der Waals surface area (Å²) in [6.45, 7) is 5.03. The number of aliphatic hydroxyl groups is 2. The van der Waals surface area contributed by atoms with E-state index < -0.39 is 19.4 Å². The number of nitrogens with one attached hydrogen (secondary N) is 2. The Kier molecular flexibility index (Phi) is 9.50. The van der Waals surface area contributed by atoms with Crippen LogP contribution >= 0.6 is 0 Å².